The molecule has 3 rings (SSSR count). The summed E-state index contributed by atoms with van der Waals surface area (Å²) in [6.07, 6.45) is 2.89. The van der Waals surface area contributed by atoms with Gasteiger partial charge in [-0.15, -0.1) is 0 Å². The maximum absolute atomic E-state index is 12.3. The van der Waals surface area contributed by atoms with Gasteiger partial charge in [-0.2, -0.15) is 5.10 Å². The minimum Gasteiger partial charge on any atom is -0.450 e. The number of rotatable bonds is 7. The summed E-state index contributed by atoms with van der Waals surface area (Å²) in [5.41, 5.74) is 5.20. The van der Waals surface area contributed by atoms with Crippen LogP contribution >= 0.6 is 0 Å². The first-order valence-corrected chi connectivity index (χ1v) is 9.03. The molecule has 0 bridgehead atoms. The van der Waals surface area contributed by atoms with E-state index in [1.165, 1.54) is 0 Å². The van der Waals surface area contributed by atoms with Crippen LogP contribution in [0.25, 0.3) is 10.9 Å². The van der Waals surface area contributed by atoms with Gasteiger partial charge in [0, 0.05) is 22.7 Å². The monoisotopic (exact) mass is 378 g/mol. The van der Waals surface area contributed by atoms with Gasteiger partial charge in [-0.1, -0.05) is 48.5 Å². The van der Waals surface area contributed by atoms with Crippen LogP contribution in [0.2, 0.25) is 0 Å². The summed E-state index contributed by atoms with van der Waals surface area (Å²) in [5.74, 6) is -0.318. The van der Waals surface area contributed by atoms with Crippen LogP contribution in [-0.4, -0.2) is 29.8 Å². The molecule has 0 aliphatic rings. The number of aromatic nitrogens is 1. The van der Waals surface area contributed by atoms with E-state index in [1.807, 2.05) is 60.8 Å². The van der Waals surface area contributed by atoms with Gasteiger partial charge in [0.05, 0.1) is 25.3 Å². The lowest BCUT2D eigenvalue weighted by Gasteiger charge is -2.18. The van der Waals surface area contributed by atoms with Crippen molar-refractivity contribution in [2.24, 2.45) is 5.10 Å². The Morgan fingerprint density at radius 3 is 2.68 bits per heavy atom. The van der Waals surface area contributed by atoms with Crippen molar-refractivity contribution in [1.29, 1.82) is 0 Å². The van der Waals surface area contributed by atoms with E-state index in [4.69, 9.17) is 4.74 Å². The fourth-order valence-electron chi connectivity index (χ4n) is 2.86. The highest BCUT2D eigenvalue weighted by atomic mass is 16.5. The van der Waals surface area contributed by atoms with Gasteiger partial charge in [-0.25, -0.2) is 10.2 Å². The van der Waals surface area contributed by atoms with Crippen molar-refractivity contribution in [3.63, 3.8) is 0 Å². The largest absolute Gasteiger partial charge is 0.450 e. The molecule has 0 spiro atoms. The maximum atomic E-state index is 12.3. The number of alkyl carbamates (subject to hydrolysis) is 1. The molecule has 3 aromatic rings. The second-order valence-corrected chi connectivity index (χ2v) is 6.11. The number of amides is 2. The molecule has 0 unspecified atom stereocenters. The quantitative estimate of drug-likeness (QED) is 0.434. The number of carbonyl (C=O) groups excluding carboxylic acids is 2. The zero-order valence-electron chi connectivity index (χ0n) is 15.5. The number of nitrogens with zero attached hydrogens (tertiary/aromatic N) is 1. The predicted octanol–water partition coefficient (Wildman–Crippen LogP) is 3.50. The number of para-hydroxylation sites is 1. The summed E-state index contributed by atoms with van der Waals surface area (Å²) in [6, 6.07) is 16.6. The van der Waals surface area contributed by atoms with E-state index in [-0.39, 0.29) is 18.9 Å². The van der Waals surface area contributed by atoms with Crippen molar-refractivity contribution in [3.05, 3.63) is 71.9 Å². The van der Waals surface area contributed by atoms with Gasteiger partial charge in [0.15, 0.2) is 0 Å². The van der Waals surface area contributed by atoms with Crippen LogP contribution in [0.5, 0.6) is 0 Å². The zero-order valence-corrected chi connectivity index (χ0v) is 15.5. The van der Waals surface area contributed by atoms with Crippen molar-refractivity contribution >= 4 is 29.1 Å². The first-order chi connectivity index (χ1) is 13.7. The number of carbonyl (C=O) groups is 2. The molecule has 0 radical (unpaired) electrons. The lowest BCUT2D eigenvalue weighted by Crippen LogP contribution is -2.33. The molecule has 0 saturated heterocycles. The summed E-state index contributed by atoms with van der Waals surface area (Å²) in [5, 5.41) is 7.77. The highest BCUT2D eigenvalue weighted by molar-refractivity contribution is 5.99. The number of hydrogen-bond donors (Lipinski definition) is 3. The van der Waals surface area contributed by atoms with Gasteiger partial charge >= 0.3 is 6.09 Å². The molecule has 3 N–H and O–H groups in total. The van der Waals surface area contributed by atoms with E-state index < -0.39 is 12.1 Å². The average Bonchev–Trinajstić information content (AvgIpc) is 3.12. The van der Waals surface area contributed by atoms with Crippen LogP contribution in [0.1, 0.15) is 30.5 Å². The summed E-state index contributed by atoms with van der Waals surface area (Å²) < 4.78 is 4.93. The molecule has 0 aliphatic carbocycles. The van der Waals surface area contributed by atoms with Crippen molar-refractivity contribution < 1.29 is 14.3 Å². The second kappa shape index (κ2) is 9.36. The van der Waals surface area contributed by atoms with Crippen molar-refractivity contribution in [3.8, 4) is 0 Å². The molecule has 2 amide bonds. The number of ether oxygens (including phenoxy) is 1. The average molecular weight is 378 g/mol. The Morgan fingerprint density at radius 2 is 1.89 bits per heavy atom. The van der Waals surface area contributed by atoms with Crippen molar-refractivity contribution in [2.75, 3.05) is 6.61 Å². The molecule has 0 aliphatic heterocycles. The van der Waals surface area contributed by atoms with Crippen LogP contribution in [0.3, 0.4) is 0 Å². The molecular weight excluding hydrogens is 356 g/mol. The van der Waals surface area contributed by atoms with Gasteiger partial charge in [0.1, 0.15) is 0 Å². The number of H-pyrrole nitrogens is 1. The van der Waals surface area contributed by atoms with E-state index in [1.54, 1.807) is 13.1 Å². The third-order valence-electron chi connectivity index (χ3n) is 4.17. The van der Waals surface area contributed by atoms with Gasteiger partial charge in [0.25, 0.3) is 0 Å². The van der Waals surface area contributed by atoms with Crippen LogP contribution in [0.15, 0.2) is 65.9 Å². The summed E-state index contributed by atoms with van der Waals surface area (Å²) in [7, 11) is 0. The molecule has 28 heavy (non-hydrogen) atoms. The zero-order chi connectivity index (χ0) is 19.8. The number of nitrogens with one attached hydrogen (secondary N) is 3. The molecule has 7 nitrogen and oxygen atoms in total. The van der Waals surface area contributed by atoms with E-state index >= 15 is 0 Å². The van der Waals surface area contributed by atoms with Gasteiger partial charge in [-0.3, -0.25) is 4.79 Å². The Bertz CT molecular complexity index is 966. The van der Waals surface area contributed by atoms with Crippen LogP contribution < -0.4 is 10.7 Å². The Morgan fingerprint density at radius 1 is 1.14 bits per heavy atom. The number of fused-ring (bicyclic) bond motifs is 1. The fourth-order valence-corrected chi connectivity index (χ4v) is 2.86. The minimum atomic E-state index is -0.563. The molecule has 144 valence electrons. The lowest BCUT2D eigenvalue weighted by atomic mass is 10.0. The fraction of sp³-hybridized carbons (Fsp3) is 0.190. The maximum Gasteiger partial charge on any atom is 0.407 e. The third-order valence-corrected chi connectivity index (χ3v) is 4.17. The molecule has 1 heterocycles. The lowest BCUT2D eigenvalue weighted by molar-refractivity contribution is -0.121. The topological polar surface area (TPSA) is 95.6 Å². The number of benzene rings is 2. The summed E-state index contributed by atoms with van der Waals surface area (Å²) in [4.78, 5) is 27.3. The molecule has 0 fully saturated rings. The van der Waals surface area contributed by atoms with E-state index in [0.29, 0.717) is 0 Å². The SMILES string of the molecule is CCOC(=O)N[C@@H](CC(=O)N/N=C\c1c[nH]c2ccccc12)c1ccccc1. The number of hydrogen-bond acceptors (Lipinski definition) is 4. The molecule has 0 saturated carbocycles. The Balaban J connectivity index is 1.63. The van der Waals surface area contributed by atoms with Gasteiger partial charge in [0.2, 0.25) is 5.91 Å². The van der Waals surface area contributed by atoms with E-state index in [0.717, 1.165) is 22.0 Å². The number of hydrazone groups is 1. The van der Waals surface area contributed by atoms with Gasteiger partial charge in [-0.05, 0) is 18.6 Å². The minimum absolute atomic E-state index is 0.0358. The highest BCUT2D eigenvalue weighted by Crippen LogP contribution is 2.17. The van der Waals surface area contributed by atoms with Crippen LogP contribution in [0, 0.1) is 0 Å². The predicted molar refractivity (Wildman–Crippen MR) is 108 cm³/mol. The summed E-state index contributed by atoms with van der Waals surface area (Å²) in [6.45, 7) is 1.98. The summed E-state index contributed by atoms with van der Waals surface area (Å²) >= 11 is 0. The molecule has 7 heteroatoms. The molecular formula is C21H22N4O3. The molecule has 2 aromatic carbocycles. The van der Waals surface area contributed by atoms with E-state index in [2.05, 4.69) is 20.8 Å². The van der Waals surface area contributed by atoms with Crippen LogP contribution in [0.4, 0.5) is 4.79 Å². The van der Waals surface area contributed by atoms with Gasteiger partial charge < -0.3 is 15.0 Å². The normalized spacial score (nSPS) is 12.0. The van der Waals surface area contributed by atoms with Crippen molar-refractivity contribution in [1.82, 2.24) is 15.7 Å². The standard InChI is InChI=1S/C21H22N4O3/c1-2-28-21(27)24-19(15-8-4-3-5-9-15)12-20(26)25-23-14-16-13-22-18-11-7-6-10-17(16)18/h3-11,13-14,19,22H,2,12H2,1H3,(H,24,27)(H,25,26)/b23-14-/t19-/m0/s1. The molecule has 1 atom stereocenters. The molecule has 1 aromatic heterocycles. The van der Waals surface area contributed by atoms with Crippen LogP contribution in [-0.2, 0) is 9.53 Å². The third kappa shape index (κ3) is 4.97. The number of aromatic amines is 1. The Hall–Kier alpha value is -3.61. The second-order valence-electron chi connectivity index (χ2n) is 6.11. The first kappa shape index (κ1) is 19.2. The Labute approximate surface area is 162 Å². The Kier molecular flexibility index (Phi) is 6.41. The smallest absolute Gasteiger partial charge is 0.407 e. The first-order valence-electron chi connectivity index (χ1n) is 9.03. The van der Waals surface area contributed by atoms with Crippen molar-refractivity contribution in [2.45, 2.75) is 19.4 Å². The highest BCUT2D eigenvalue weighted by Gasteiger charge is 2.18. The van der Waals surface area contributed by atoms with E-state index in [9.17, 15) is 9.59 Å².